The summed E-state index contributed by atoms with van der Waals surface area (Å²) in [6.07, 6.45) is -12.4. The van der Waals surface area contributed by atoms with Crippen molar-refractivity contribution >= 4 is 21.9 Å². The van der Waals surface area contributed by atoms with Crippen molar-refractivity contribution < 1.29 is 35.9 Å². The van der Waals surface area contributed by atoms with E-state index >= 15 is 0 Å². The van der Waals surface area contributed by atoms with E-state index in [1.54, 1.807) is 5.32 Å². The fourth-order valence-electron chi connectivity index (χ4n) is 3.03. The zero-order valence-corrected chi connectivity index (χ0v) is 11.6. The summed E-state index contributed by atoms with van der Waals surface area (Å²) < 4.78 is 82.9. The van der Waals surface area contributed by atoms with Crippen LogP contribution in [0.5, 0.6) is 0 Å². The van der Waals surface area contributed by atoms with E-state index in [1.807, 2.05) is 0 Å². The van der Waals surface area contributed by atoms with Crippen LogP contribution in [0.4, 0.5) is 26.3 Å². The molecule has 1 N–H and O–H groups in total. The van der Waals surface area contributed by atoms with Crippen LogP contribution in [-0.2, 0) is 9.53 Å². The maximum atomic E-state index is 13.0. The molecule has 20 heavy (non-hydrogen) atoms. The molecule has 2 bridgehead atoms. The standard InChI is InChI=1S/C10H10BrF6NO2/c1-3(19)20-7-5-2-4(6(7)11)8(18-5,9(12,13)14)10(15,16)17/h4-7,18H,2H2,1H3/t4-,5+,6-,7+/m0/s1. The molecule has 0 amide bonds. The molecule has 2 rings (SSSR count). The van der Waals surface area contributed by atoms with Crippen LogP contribution in [0.3, 0.4) is 0 Å². The first kappa shape index (κ1) is 15.9. The third kappa shape index (κ3) is 2.02. The number of rotatable bonds is 1. The molecule has 0 radical (unpaired) electrons. The third-order valence-corrected chi connectivity index (χ3v) is 4.93. The van der Waals surface area contributed by atoms with Gasteiger partial charge in [-0.2, -0.15) is 26.3 Å². The summed E-state index contributed by atoms with van der Waals surface area (Å²) in [6.45, 7) is 1.05. The lowest BCUT2D eigenvalue weighted by Gasteiger charge is -2.44. The molecule has 1 saturated heterocycles. The van der Waals surface area contributed by atoms with E-state index in [0.29, 0.717) is 0 Å². The Kier molecular flexibility index (Phi) is 3.56. The van der Waals surface area contributed by atoms with Crippen molar-refractivity contribution in [3.05, 3.63) is 0 Å². The number of piperidine rings is 1. The van der Waals surface area contributed by atoms with E-state index in [2.05, 4.69) is 15.9 Å². The average molecular weight is 370 g/mol. The number of hydrogen-bond acceptors (Lipinski definition) is 3. The summed E-state index contributed by atoms with van der Waals surface area (Å²) in [4.78, 5) is 9.65. The second-order valence-electron chi connectivity index (χ2n) is 4.92. The smallest absolute Gasteiger partial charge is 0.415 e. The highest BCUT2D eigenvalue weighted by Crippen LogP contribution is 2.59. The topological polar surface area (TPSA) is 38.3 Å². The summed E-state index contributed by atoms with van der Waals surface area (Å²) in [7, 11) is 0. The first-order valence-electron chi connectivity index (χ1n) is 5.64. The van der Waals surface area contributed by atoms with Gasteiger partial charge in [-0.1, -0.05) is 15.9 Å². The van der Waals surface area contributed by atoms with E-state index in [0.717, 1.165) is 6.92 Å². The minimum atomic E-state index is -5.49. The Morgan fingerprint density at radius 3 is 2.10 bits per heavy atom. The van der Waals surface area contributed by atoms with Gasteiger partial charge in [0.1, 0.15) is 6.10 Å². The van der Waals surface area contributed by atoms with Crippen LogP contribution in [0.2, 0.25) is 0 Å². The van der Waals surface area contributed by atoms with Crippen molar-refractivity contribution in [1.82, 2.24) is 5.32 Å². The summed E-state index contributed by atoms with van der Waals surface area (Å²) in [6, 6.07) is -1.18. The van der Waals surface area contributed by atoms with Gasteiger partial charge >= 0.3 is 18.3 Å². The summed E-state index contributed by atoms with van der Waals surface area (Å²) in [5.74, 6) is -2.53. The Morgan fingerprint density at radius 1 is 1.25 bits per heavy atom. The van der Waals surface area contributed by atoms with Gasteiger partial charge in [0.25, 0.3) is 0 Å². The molecule has 1 saturated carbocycles. The maximum Gasteiger partial charge on any atom is 0.415 e. The minimum absolute atomic E-state index is 0.368. The molecule has 1 aliphatic heterocycles. The quantitative estimate of drug-likeness (QED) is 0.438. The highest BCUT2D eigenvalue weighted by atomic mass is 79.9. The highest BCUT2D eigenvalue weighted by molar-refractivity contribution is 9.09. The lowest BCUT2D eigenvalue weighted by atomic mass is 9.82. The van der Waals surface area contributed by atoms with Gasteiger partial charge in [-0.05, 0) is 6.42 Å². The van der Waals surface area contributed by atoms with Crippen molar-refractivity contribution in [3.8, 4) is 0 Å². The molecule has 0 aromatic heterocycles. The number of fused-ring (bicyclic) bond motifs is 2. The van der Waals surface area contributed by atoms with E-state index in [9.17, 15) is 31.1 Å². The molecular formula is C10H10BrF6NO2. The average Bonchev–Trinajstić information content (AvgIpc) is 2.74. The SMILES string of the molecule is CC(=O)O[C@H]1[C@@H](Br)[C@@H]2C[C@H]1NC2(C(F)(F)F)C(F)(F)F. The van der Waals surface area contributed by atoms with Crippen LogP contribution in [0, 0.1) is 5.92 Å². The van der Waals surface area contributed by atoms with Gasteiger partial charge in [-0.3, -0.25) is 10.1 Å². The Balaban J connectivity index is 2.37. The van der Waals surface area contributed by atoms with Crippen molar-refractivity contribution in [2.24, 2.45) is 5.92 Å². The van der Waals surface area contributed by atoms with Gasteiger partial charge < -0.3 is 4.74 Å². The van der Waals surface area contributed by atoms with E-state index < -0.39 is 46.8 Å². The number of alkyl halides is 7. The second kappa shape index (κ2) is 4.49. The molecular weight excluding hydrogens is 360 g/mol. The van der Waals surface area contributed by atoms with Crippen molar-refractivity contribution in [2.75, 3.05) is 0 Å². The summed E-state index contributed by atoms with van der Waals surface area (Å²) >= 11 is 2.83. The normalized spacial score (nSPS) is 36.2. The molecule has 0 unspecified atom stereocenters. The zero-order valence-electron chi connectivity index (χ0n) is 9.98. The molecule has 4 atom stereocenters. The van der Waals surface area contributed by atoms with Crippen molar-refractivity contribution in [1.29, 1.82) is 0 Å². The second-order valence-corrected chi connectivity index (χ2v) is 5.97. The molecule has 10 heteroatoms. The predicted molar refractivity (Wildman–Crippen MR) is 58.1 cm³/mol. The van der Waals surface area contributed by atoms with Crippen LogP contribution in [-0.4, -0.2) is 40.8 Å². The van der Waals surface area contributed by atoms with E-state index in [4.69, 9.17) is 4.74 Å². The maximum absolute atomic E-state index is 13.0. The Bertz CT molecular complexity index is 407. The molecule has 3 nitrogen and oxygen atoms in total. The number of ether oxygens (including phenoxy) is 1. The molecule has 2 fully saturated rings. The summed E-state index contributed by atoms with van der Waals surface area (Å²) in [5.41, 5.74) is -3.96. The largest absolute Gasteiger partial charge is 0.460 e. The van der Waals surface area contributed by atoms with Crippen LogP contribution in [0.25, 0.3) is 0 Å². The molecule has 116 valence electrons. The van der Waals surface area contributed by atoms with Crippen molar-refractivity contribution in [3.63, 3.8) is 0 Å². The fraction of sp³-hybridized carbons (Fsp3) is 0.900. The van der Waals surface area contributed by atoms with Crippen LogP contribution < -0.4 is 5.32 Å². The van der Waals surface area contributed by atoms with Gasteiger partial charge in [-0.15, -0.1) is 0 Å². The van der Waals surface area contributed by atoms with E-state index in [1.165, 1.54) is 0 Å². The lowest BCUT2D eigenvalue weighted by Crippen LogP contribution is -2.73. The first-order chi connectivity index (χ1) is 8.92. The van der Waals surface area contributed by atoms with Gasteiger partial charge in [0.2, 0.25) is 5.54 Å². The number of esters is 1. The summed E-state index contributed by atoms with van der Waals surface area (Å²) in [5, 5.41) is 1.61. The number of hydrogen-bond donors (Lipinski definition) is 1. The lowest BCUT2D eigenvalue weighted by molar-refractivity contribution is -0.320. The molecule has 0 aromatic carbocycles. The third-order valence-electron chi connectivity index (χ3n) is 3.77. The van der Waals surface area contributed by atoms with Gasteiger partial charge in [-0.25, -0.2) is 0 Å². The number of halogens is 7. The fourth-order valence-corrected chi connectivity index (χ4v) is 4.12. The monoisotopic (exact) mass is 369 g/mol. The molecule has 1 aliphatic carbocycles. The van der Waals surface area contributed by atoms with Gasteiger partial charge in [0.05, 0.1) is 4.83 Å². The Morgan fingerprint density at radius 2 is 1.75 bits per heavy atom. The highest BCUT2D eigenvalue weighted by Gasteiger charge is 2.81. The number of carbonyl (C=O) groups excluding carboxylic acids is 1. The zero-order chi connectivity index (χ0) is 15.5. The molecule has 0 aromatic rings. The van der Waals surface area contributed by atoms with Crippen LogP contribution in [0.15, 0.2) is 0 Å². The van der Waals surface area contributed by atoms with Crippen LogP contribution >= 0.6 is 15.9 Å². The van der Waals surface area contributed by atoms with Crippen LogP contribution in [0.1, 0.15) is 13.3 Å². The van der Waals surface area contributed by atoms with Gasteiger partial charge in [0.15, 0.2) is 0 Å². The molecule has 1 heterocycles. The Hall–Kier alpha value is -0.510. The number of carbonyl (C=O) groups is 1. The molecule has 0 spiro atoms. The van der Waals surface area contributed by atoms with Gasteiger partial charge in [0, 0.05) is 18.9 Å². The minimum Gasteiger partial charge on any atom is -0.460 e. The first-order valence-corrected chi connectivity index (χ1v) is 6.56. The van der Waals surface area contributed by atoms with E-state index in [-0.39, 0.29) is 6.42 Å². The predicted octanol–water partition coefficient (Wildman–Crippen LogP) is 2.54. The Labute approximate surface area is 118 Å². The number of nitrogens with one attached hydrogen (secondary N) is 1. The van der Waals surface area contributed by atoms with Crippen molar-refractivity contribution in [2.45, 2.75) is 48.2 Å². The molecule has 2 aliphatic rings.